The molecule has 1 aromatic carbocycles. The van der Waals surface area contributed by atoms with Crippen LogP contribution in [-0.4, -0.2) is 53.6 Å². The summed E-state index contributed by atoms with van der Waals surface area (Å²) in [5.74, 6) is 1.30. The average molecular weight is 373 g/mol. The highest BCUT2D eigenvalue weighted by molar-refractivity contribution is 5.57. The Morgan fingerprint density at radius 1 is 1.30 bits per heavy atom. The highest BCUT2D eigenvalue weighted by atomic mass is 19.1. The van der Waals surface area contributed by atoms with E-state index in [9.17, 15) is 4.39 Å². The summed E-state index contributed by atoms with van der Waals surface area (Å²) < 4.78 is 25.2. The molecular weight excluding hydrogens is 345 g/mol. The zero-order valence-corrected chi connectivity index (χ0v) is 16.4. The van der Waals surface area contributed by atoms with Gasteiger partial charge in [0.1, 0.15) is 17.3 Å². The number of halogens is 1. The van der Waals surface area contributed by atoms with E-state index >= 15 is 0 Å². The first-order valence-electron chi connectivity index (χ1n) is 9.83. The summed E-state index contributed by atoms with van der Waals surface area (Å²) in [4.78, 5) is 9.62. The number of likely N-dealkylation sites (tertiary alicyclic amines) is 2. The van der Waals surface area contributed by atoms with Gasteiger partial charge in [0, 0.05) is 31.7 Å². The lowest BCUT2D eigenvalue weighted by Gasteiger charge is -2.49. The number of aromatic nitrogens is 1. The second kappa shape index (κ2) is 7.60. The molecule has 1 atom stereocenters. The summed E-state index contributed by atoms with van der Waals surface area (Å²) >= 11 is 0. The third kappa shape index (κ3) is 3.73. The lowest BCUT2D eigenvalue weighted by Crippen LogP contribution is -2.61. The molecule has 6 heteroatoms. The van der Waals surface area contributed by atoms with Crippen LogP contribution in [0.3, 0.4) is 0 Å². The molecule has 1 aromatic heterocycles. The Labute approximate surface area is 160 Å². The molecule has 4 rings (SSSR count). The molecule has 146 valence electrons. The Morgan fingerprint density at radius 3 is 2.85 bits per heavy atom. The van der Waals surface area contributed by atoms with E-state index in [1.807, 2.05) is 6.92 Å². The normalized spacial score (nSPS) is 22.0. The molecule has 0 N–H and O–H groups in total. The zero-order valence-electron chi connectivity index (χ0n) is 16.4. The number of piperidine rings is 1. The van der Waals surface area contributed by atoms with Crippen molar-refractivity contribution in [2.45, 2.75) is 51.7 Å². The molecule has 2 fully saturated rings. The fraction of sp³-hybridized carbons (Fsp3) is 0.571. The molecule has 5 nitrogen and oxygen atoms in total. The van der Waals surface area contributed by atoms with E-state index in [1.54, 1.807) is 19.2 Å². The molecule has 0 saturated carbocycles. The van der Waals surface area contributed by atoms with Crippen LogP contribution in [0.2, 0.25) is 0 Å². The number of methoxy groups -OCH3 is 1. The van der Waals surface area contributed by atoms with Crippen LogP contribution in [-0.2, 0) is 6.54 Å². The van der Waals surface area contributed by atoms with Crippen molar-refractivity contribution in [2.75, 3.05) is 26.7 Å². The van der Waals surface area contributed by atoms with Gasteiger partial charge in [-0.1, -0.05) is 6.42 Å². The Bertz CT molecular complexity index is 801. The molecule has 2 saturated heterocycles. The zero-order chi connectivity index (χ0) is 19.0. The van der Waals surface area contributed by atoms with Crippen LogP contribution in [0.1, 0.15) is 37.6 Å². The smallest absolute Gasteiger partial charge is 0.229 e. The molecule has 0 aliphatic carbocycles. The SMILES string of the molecule is COc1ccc(F)c(-c2nc(CN3CC(N4CCCC[C@@H]4C)C3)c(C)o2)c1. The minimum Gasteiger partial charge on any atom is -0.497 e. The number of aryl methyl sites for hydroxylation is 1. The van der Waals surface area contributed by atoms with Crippen LogP contribution in [0.5, 0.6) is 5.75 Å². The van der Waals surface area contributed by atoms with Crippen LogP contribution in [0, 0.1) is 12.7 Å². The minimum atomic E-state index is -0.355. The fourth-order valence-corrected chi connectivity index (χ4v) is 4.24. The van der Waals surface area contributed by atoms with Gasteiger partial charge in [0.05, 0.1) is 18.4 Å². The second-order valence-electron chi connectivity index (χ2n) is 7.80. The maximum atomic E-state index is 14.2. The largest absolute Gasteiger partial charge is 0.497 e. The molecule has 2 aliphatic heterocycles. The van der Waals surface area contributed by atoms with Crippen molar-refractivity contribution in [1.82, 2.24) is 14.8 Å². The van der Waals surface area contributed by atoms with Crippen LogP contribution in [0.25, 0.3) is 11.5 Å². The van der Waals surface area contributed by atoms with E-state index in [4.69, 9.17) is 9.15 Å². The van der Waals surface area contributed by atoms with Crippen molar-refractivity contribution in [3.63, 3.8) is 0 Å². The lowest BCUT2D eigenvalue weighted by atomic mass is 9.97. The monoisotopic (exact) mass is 373 g/mol. The van der Waals surface area contributed by atoms with Crippen molar-refractivity contribution in [1.29, 1.82) is 0 Å². The van der Waals surface area contributed by atoms with Gasteiger partial charge in [-0.3, -0.25) is 9.80 Å². The molecule has 0 spiro atoms. The van der Waals surface area contributed by atoms with Crippen LogP contribution >= 0.6 is 0 Å². The predicted molar refractivity (Wildman–Crippen MR) is 102 cm³/mol. The topological polar surface area (TPSA) is 41.7 Å². The summed E-state index contributed by atoms with van der Waals surface area (Å²) in [6.07, 6.45) is 3.99. The lowest BCUT2D eigenvalue weighted by molar-refractivity contribution is -0.00685. The maximum Gasteiger partial charge on any atom is 0.229 e. The van der Waals surface area contributed by atoms with Crippen LogP contribution < -0.4 is 4.74 Å². The van der Waals surface area contributed by atoms with E-state index in [1.165, 1.54) is 31.9 Å². The molecule has 0 amide bonds. The van der Waals surface area contributed by atoms with Crippen molar-refractivity contribution in [3.8, 4) is 17.2 Å². The summed E-state index contributed by atoms with van der Waals surface area (Å²) in [6, 6.07) is 5.96. The van der Waals surface area contributed by atoms with E-state index in [0.29, 0.717) is 29.3 Å². The van der Waals surface area contributed by atoms with Gasteiger partial charge >= 0.3 is 0 Å². The molecule has 2 aromatic rings. The van der Waals surface area contributed by atoms with Gasteiger partial charge in [-0.2, -0.15) is 0 Å². The van der Waals surface area contributed by atoms with Gasteiger partial charge in [-0.15, -0.1) is 0 Å². The number of rotatable bonds is 5. The van der Waals surface area contributed by atoms with E-state index in [-0.39, 0.29) is 5.82 Å². The van der Waals surface area contributed by atoms with Crippen LogP contribution in [0.15, 0.2) is 22.6 Å². The van der Waals surface area contributed by atoms with E-state index < -0.39 is 0 Å². The summed E-state index contributed by atoms with van der Waals surface area (Å²) in [7, 11) is 1.56. The van der Waals surface area contributed by atoms with Gasteiger partial charge in [0.25, 0.3) is 0 Å². The molecule has 27 heavy (non-hydrogen) atoms. The molecular formula is C21H28FN3O2. The van der Waals surface area contributed by atoms with Gasteiger partial charge in [-0.25, -0.2) is 9.37 Å². The highest BCUT2D eigenvalue weighted by Crippen LogP contribution is 2.30. The van der Waals surface area contributed by atoms with Crippen molar-refractivity contribution in [2.24, 2.45) is 0 Å². The summed E-state index contributed by atoms with van der Waals surface area (Å²) in [5.41, 5.74) is 1.23. The standard InChI is InChI=1S/C21H28FN3O2/c1-14-6-4-5-9-25(14)16-11-24(12-16)13-20-15(2)27-21(23-20)18-10-17(26-3)7-8-19(18)22/h7-8,10,14,16H,4-6,9,11-13H2,1-3H3/t14-/m0/s1. The number of ether oxygens (including phenoxy) is 1. The molecule has 0 unspecified atom stereocenters. The summed E-state index contributed by atoms with van der Waals surface area (Å²) in [6.45, 7) is 8.35. The quantitative estimate of drug-likeness (QED) is 0.796. The third-order valence-electron chi connectivity index (χ3n) is 5.93. The number of nitrogens with zero attached hydrogens (tertiary/aromatic N) is 3. The molecule has 0 bridgehead atoms. The number of oxazole rings is 1. The van der Waals surface area contributed by atoms with Gasteiger partial charge in [0.2, 0.25) is 5.89 Å². The fourth-order valence-electron chi connectivity index (χ4n) is 4.24. The first-order valence-corrected chi connectivity index (χ1v) is 9.83. The van der Waals surface area contributed by atoms with Gasteiger partial charge in [-0.05, 0) is 51.4 Å². The second-order valence-corrected chi connectivity index (χ2v) is 7.80. The maximum absolute atomic E-state index is 14.2. The van der Waals surface area contributed by atoms with Gasteiger partial charge < -0.3 is 9.15 Å². The average Bonchev–Trinajstić information content (AvgIpc) is 2.99. The predicted octanol–water partition coefficient (Wildman–Crippen LogP) is 3.86. The van der Waals surface area contributed by atoms with Gasteiger partial charge in [0.15, 0.2) is 0 Å². The number of benzene rings is 1. The van der Waals surface area contributed by atoms with Crippen molar-refractivity contribution in [3.05, 3.63) is 35.5 Å². The number of hydrogen-bond acceptors (Lipinski definition) is 5. The first-order chi connectivity index (χ1) is 13.0. The highest BCUT2D eigenvalue weighted by Gasteiger charge is 2.35. The van der Waals surface area contributed by atoms with Crippen molar-refractivity contribution < 1.29 is 13.5 Å². The number of hydrogen-bond donors (Lipinski definition) is 0. The van der Waals surface area contributed by atoms with E-state index in [2.05, 4.69) is 21.7 Å². The molecule has 0 radical (unpaired) electrons. The Hall–Kier alpha value is -1.92. The van der Waals surface area contributed by atoms with E-state index in [0.717, 1.165) is 31.1 Å². The Balaban J connectivity index is 1.42. The summed E-state index contributed by atoms with van der Waals surface area (Å²) in [5, 5.41) is 0. The Morgan fingerprint density at radius 2 is 2.11 bits per heavy atom. The minimum absolute atomic E-state index is 0.320. The molecule has 2 aliphatic rings. The van der Waals surface area contributed by atoms with Crippen LogP contribution in [0.4, 0.5) is 4.39 Å². The first kappa shape index (κ1) is 18.4. The van der Waals surface area contributed by atoms with Crippen molar-refractivity contribution >= 4 is 0 Å². The Kier molecular flexibility index (Phi) is 5.19. The third-order valence-corrected chi connectivity index (χ3v) is 5.93. The molecule has 3 heterocycles.